The van der Waals surface area contributed by atoms with E-state index in [1.54, 1.807) is 0 Å². The van der Waals surface area contributed by atoms with E-state index in [2.05, 4.69) is 29.0 Å². The zero-order valence-corrected chi connectivity index (χ0v) is 13.1. The van der Waals surface area contributed by atoms with Crippen molar-refractivity contribution in [2.24, 2.45) is 5.92 Å². The van der Waals surface area contributed by atoms with Gasteiger partial charge in [0.25, 0.3) is 0 Å². The maximum Gasteiger partial charge on any atom is 0.182 e. The molecular weight excluding hydrogens is 254 g/mol. The van der Waals surface area contributed by atoms with Gasteiger partial charge in [0.1, 0.15) is 0 Å². The largest absolute Gasteiger partial charge is 0.362 e. The minimum Gasteiger partial charge on any atom is -0.362 e. The van der Waals surface area contributed by atoms with Crippen LogP contribution in [-0.2, 0) is 6.54 Å². The molecule has 1 N–H and O–H groups in total. The lowest BCUT2D eigenvalue weighted by Crippen LogP contribution is -2.23. The van der Waals surface area contributed by atoms with E-state index in [1.165, 1.54) is 43.6 Å². The minimum atomic E-state index is 0.952. The Morgan fingerprint density at radius 1 is 1.37 bits per heavy atom. The van der Waals surface area contributed by atoms with Gasteiger partial charge in [-0.3, -0.25) is 4.90 Å². The fourth-order valence-corrected chi connectivity index (χ4v) is 3.59. The molecule has 2 rings (SSSR count). The lowest BCUT2D eigenvalue weighted by atomic mass is 9.98. The van der Waals surface area contributed by atoms with Gasteiger partial charge in [-0.15, -0.1) is 11.3 Å². The lowest BCUT2D eigenvalue weighted by Gasteiger charge is -2.18. The van der Waals surface area contributed by atoms with Crippen LogP contribution in [0.15, 0.2) is 6.20 Å². The molecule has 0 amide bonds. The first-order chi connectivity index (χ1) is 9.31. The van der Waals surface area contributed by atoms with Crippen molar-refractivity contribution in [3.05, 3.63) is 11.1 Å². The Morgan fingerprint density at radius 2 is 2.26 bits per heavy atom. The summed E-state index contributed by atoms with van der Waals surface area (Å²) < 4.78 is 0. The van der Waals surface area contributed by atoms with Crippen molar-refractivity contribution in [2.45, 2.75) is 52.5 Å². The Bertz CT molecular complexity index is 364. The van der Waals surface area contributed by atoms with Gasteiger partial charge < -0.3 is 5.32 Å². The Kier molecular flexibility index (Phi) is 6.11. The molecule has 1 atom stereocenters. The first-order valence-corrected chi connectivity index (χ1v) is 8.54. The number of rotatable bonds is 6. The van der Waals surface area contributed by atoms with Gasteiger partial charge in [0.2, 0.25) is 0 Å². The summed E-state index contributed by atoms with van der Waals surface area (Å²) in [5.74, 6) is 0.952. The lowest BCUT2D eigenvalue weighted by molar-refractivity contribution is 0.274. The number of nitrogens with zero attached hydrogens (tertiary/aromatic N) is 2. The number of hydrogen-bond acceptors (Lipinski definition) is 4. The van der Waals surface area contributed by atoms with Gasteiger partial charge >= 0.3 is 0 Å². The second-order valence-corrected chi connectivity index (χ2v) is 6.66. The van der Waals surface area contributed by atoms with E-state index in [0.717, 1.165) is 30.6 Å². The molecule has 1 fully saturated rings. The Labute approximate surface area is 121 Å². The molecule has 0 saturated carbocycles. The number of likely N-dealkylation sites (tertiary alicyclic amines) is 1. The third kappa shape index (κ3) is 4.77. The van der Waals surface area contributed by atoms with Gasteiger partial charge in [-0.05, 0) is 44.7 Å². The van der Waals surface area contributed by atoms with Crippen LogP contribution in [0.3, 0.4) is 0 Å². The van der Waals surface area contributed by atoms with Gasteiger partial charge in [-0.2, -0.15) is 0 Å². The Hall–Kier alpha value is -0.610. The highest BCUT2D eigenvalue weighted by atomic mass is 32.1. The van der Waals surface area contributed by atoms with Crippen LogP contribution in [0, 0.1) is 5.92 Å². The number of thiazole rings is 1. The molecule has 19 heavy (non-hydrogen) atoms. The SMILES string of the molecule is CCCNc1ncc(CN2CCCC(CC)CC2)s1. The van der Waals surface area contributed by atoms with Crippen molar-refractivity contribution in [3.63, 3.8) is 0 Å². The van der Waals surface area contributed by atoms with Gasteiger partial charge in [-0.25, -0.2) is 4.98 Å². The zero-order chi connectivity index (χ0) is 13.5. The highest BCUT2D eigenvalue weighted by Crippen LogP contribution is 2.24. The fourth-order valence-electron chi connectivity index (χ4n) is 2.71. The van der Waals surface area contributed by atoms with E-state index < -0.39 is 0 Å². The van der Waals surface area contributed by atoms with E-state index in [9.17, 15) is 0 Å². The molecule has 0 spiro atoms. The van der Waals surface area contributed by atoms with Crippen LogP contribution < -0.4 is 5.32 Å². The van der Waals surface area contributed by atoms with Crippen molar-refractivity contribution in [3.8, 4) is 0 Å². The Morgan fingerprint density at radius 3 is 3.05 bits per heavy atom. The second kappa shape index (κ2) is 7.85. The number of nitrogens with one attached hydrogen (secondary N) is 1. The summed E-state index contributed by atoms with van der Waals surface area (Å²) in [6.45, 7) is 9.13. The molecule has 1 aliphatic heterocycles. The molecule has 1 unspecified atom stereocenters. The first kappa shape index (κ1) is 14.8. The van der Waals surface area contributed by atoms with Crippen LogP contribution in [0.2, 0.25) is 0 Å². The number of aromatic nitrogens is 1. The summed E-state index contributed by atoms with van der Waals surface area (Å²) in [7, 11) is 0. The predicted molar refractivity (Wildman–Crippen MR) is 83.8 cm³/mol. The summed E-state index contributed by atoms with van der Waals surface area (Å²) >= 11 is 1.82. The van der Waals surface area contributed by atoms with Gasteiger partial charge in [0.05, 0.1) is 0 Å². The molecule has 1 aromatic heterocycles. The molecule has 2 heterocycles. The monoisotopic (exact) mass is 281 g/mol. The molecule has 0 bridgehead atoms. The number of anilines is 1. The second-order valence-electron chi connectivity index (χ2n) is 5.54. The van der Waals surface area contributed by atoms with Crippen molar-refractivity contribution >= 4 is 16.5 Å². The third-order valence-electron chi connectivity index (χ3n) is 3.98. The van der Waals surface area contributed by atoms with Crippen LogP contribution in [-0.4, -0.2) is 29.5 Å². The number of hydrogen-bond donors (Lipinski definition) is 1. The van der Waals surface area contributed by atoms with Crippen molar-refractivity contribution in [2.75, 3.05) is 25.0 Å². The van der Waals surface area contributed by atoms with Crippen LogP contribution >= 0.6 is 11.3 Å². The molecule has 0 aromatic carbocycles. The summed E-state index contributed by atoms with van der Waals surface area (Å²) in [6.07, 6.45) is 8.69. The third-order valence-corrected chi connectivity index (χ3v) is 4.92. The van der Waals surface area contributed by atoms with Crippen molar-refractivity contribution in [1.29, 1.82) is 0 Å². The van der Waals surface area contributed by atoms with Crippen LogP contribution in [0.1, 0.15) is 50.8 Å². The molecule has 1 aromatic rings. The van der Waals surface area contributed by atoms with E-state index in [1.807, 2.05) is 17.5 Å². The average molecular weight is 281 g/mol. The van der Waals surface area contributed by atoms with Gasteiger partial charge in [0, 0.05) is 24.2 Å². The smallest absolute Gasteiger partial charge is 0.182 e. The molecule has 1 aliphatic rings. The fraction of sp³-hybridized carbons (Fsp3) is 0.800. The maximum atomic E-state index is 4.45. The van der Waals surface area contributed by atoms with Crippen LogP contribution in [0.25, 0.3) is 0 Å². The quantitative estimate of drug-likeness (QED) is 0.855. The summed E-state index contributed by atoms with van der Waals surface area (Å²) in [5, 5.41) is 4.45. The Balaban J connectivity index is 1.81. The maximum absolute atomic E-state index is 4.45. The molecule has 108 valence electrons. The molecular formula is C15H27N3S. The standard InChI is InChI=1S/C15H27N3S/c1-3-8-16-15-17-11-14(19-15)12-18-9-5-6-13(4-2)7-10-18/h11,13H,3-10,12H2,1-2H3,(H,16,17). The molecule has 0 radical (unpaired) electrons. The predicted octanol–water partition coefficient (Wildman–Crippen LogP) is 3.98. The van der Waals surface area contributed by atoms with Gasteiger partial charge in [-0.1, -0.05) is 20.3 Å². The normalized spacial score (nSPS) is 21.3. The van der Waals surface area contributed by atoms with Crippen molar-refractivity contribution < 1.29 is 0 Å². The molecule has 4 heteroatoms. The highest BCUT2D eigenvalue weighted by molar-refractivity contribution is 7.15. The molecule has 3 nitrogen and oxygen atoms in total. The average Bonchev–Trinajstić information content (AvgIpc) is 2.74. The minimum absolute atomic E-state index is 0.952. The summed E-state index contributed by atoms with van der Waals surface area (Å²) in [4.78, 5) is 8.46. The first-order valence-electron chi connectivity index (χ1n) is 7.72. The van der Waals surface area contributed by atoms with E-state index in [4.69, 9.17) is 0 Å². The van der Waals surface area contributed by atoms with E-state index in [-0.39, 0.29) is 0 Å². The zero-order valence-electron chi connectivity index (χ0n) is 12.3. The van der Waals surface area contributed by atoms with Gasteiger partial charge in [0.15, 0.2) is 5.13 Å². The summed E-state index contributed by atoms with van der Waals surface area (Å²) in [5.41, 5.74) is 0. The van der Waals surface area contributed by atoms with E-state index >= 15 is 0 Å². The van der Waals surface area contributed by atoms with Crippen LogP contribution in [0.5, 0.6) is 0 Å². The van der Waals surface area contributed by atoms with E-state index in [0.29, 0.717) is 0 Å². The highest BCUT2D eigenvalue weighted by Gasteiger charge is 2.16. The molecule has 0 aliphatic carbocycles. The van der Waals surface area contributed by atoms with Crippen molar-refractivity contribution in [1.82, 2.24) is 9.88 Å². The van der Waals surface area contributed by atoms with Crippen LogP contribution in [0.4, 0.5) is 5.13 Å². The topological polar surface area (TPSA) is 28.2 Å². The summed E-state index contributed by atoms with van der Waals surface area (Å²) in [6, 6.07) is 0. The molecule has 1 saturated heterocycles.